The van der Waals surface area contributed by atoms with Gasteiger partial charge in [-0.15, -0.1) is 6.58 Å². The van der Waals surface area contributed by atoms with Crippen molar-refractivity contribution in [1.29, 1.82) is 0 Å². The number of carbonyl (C=O) groups is 1. The molecule has 2 heterocycles. The van der Waals surface area contributed by atoms with Crippen LogP contribution in [0.15, 0.2) is 66.3 Å². The van der Waals surface area contributed by atoms with Gasteiger partial charge in [-0.05, 0) is 29.8 Å². The predicted octanol–water partition coefficient (Wildman–Crippen LogP) is 3.79. The summed E-state index contributed by atoms with van der Waals surface area (Å²) in [6, 6.07) is 16.1. The Morgan fingerprint density at radius 1 is 1.17 bits per heavy atom. The first kappa shape index (κ1) is 20.7. The third-order valence-electron chi connectivity index (χ3n) is 5.01. The molecule has 3 aromatic rings. The zero-order valence-corrected chi connectivity index (χ0v) is 17.7. The van der Waals surface area contributed by atoms with E-state index >= 15 is 0 Å². The molecule has 156 valence electrons. The number of nitrogens with one attached hydrogen (secondary N) is 1. The number of carbonyl (C=O) groups excluding carboxylic acids is 1. The second-order valence-corrected chi connectivity index (χ2v) is 8.15. The molecule has 7 heteroatoms. The van der Waals surface area contributed by atoms with Crippen LogP contribution in [0.4, 0.5) is 5.69 Å². The number of ether oxygens (including phenoxy) is 1. The van der Waals surface area contributed by atoms with Crippen molar-refractivity contribution in [2.75, 3.05) is 37.4 Å². The van der Waals surface area contributed by atoms with Crippen LogP contribution in [0.25, 0.3) is 11.0 Å². The van der Waals surface area contributed by atoms with Crippen LogP contribution in [0.1, 0.15) is 5.56 Å². The fraction of sp³-hybridized carbons (Fsp3) is 0.304. The van der Waals surface area contributed by atoms with Crippen molar-refractivity contribution < 1.29 is 9.53 Å². The lowest BCUT2D eigenvalue weighted by Crippen LogP contribution is -2.35. The van der Waals surface area contributed by atoms with Crippen LogP contribution in [0.2, 0.25) is 0 Å². The molecule has 0 unspecified atom stereocenters. The van der Waals surface area contributed by atoms with Gasteiger partial charge in [-0.2, -0.15) is 0 Å². The highest BCUT2D eigenvalue weighted by Crippen LogP contribution is 2.24. The van der Waals surface area contributed by atoms with Crippen molar-refractivity contribution in [3.8, 4) is 0 Å². The summed E-state index contributed by atoms with van der Waals surface area (Å²) in [6.07, 6.45) is 1.84. The quantitative estimate of drug-likeness (QED) is 0.442. The Bertz CT molecular complexity index is 1010. The van der Waals surface area contributed by atoms with Gasteiger partial charge in [-0.1, -0.05) is 42.1 Å². The third kappa shape index (κ3) is 5.11. The highest BCUT2D eigenvalue weighted by Gasteiger charge is 2.13. The molecule has 4 rings (SSSR count). The molecule has 1 N–H and O–H groups in total. The number of thioether (sulfide) groups is 1. The first-order valence-electron chi connectivity index (χ1n) is 10.1. The van der Waals surface area contributed by atoms with Gasteiger partial charge in [0.25, 0.3) is 0 Å². The van der Waals surface area contributed by atoms with E-state index in [1.165, 1.54) is 17.3 Å². The number of aromatic nitrogens is 2. The predicted molar refractivity (Wildman–Crippen MR) is 122 cm³/mol. The summed E-state index contributed by atoms with van der Waals surface area (Å²) < 4.78 is 7.48. The fourth-order valence-electron chi connectivity index (χ4n) is 3.51. The maximum Gasteiger partial charge on any atom is 0.234 e. The van der Waals surface area contributed by atoms with Gasteiger partial charge in [-0.25, -0.2) is 4.98 Å². The van der Waals surface area contributed by atoms with E-state index in [9.17, 15) is 4.79 Å². The SMILES string of the molecule is C=CCn1c(SCC(=O)Nc2ccc(CN3CCOCC3)cc2)nc2ccccc21. The number of amides is 1. The molecule has 1 aliphatic heterocycles. The van der Waals surface area contributed by atoms with Crippen LogP contribution in [-0.4, -0.2) is 52.4 Å². The first-order valence-corrected chi connectivity index (χ1v) is 11.1. The molecule has 0 spiro atoms. The third-order valence-corrected chi connectivity index (χ3v) is 5.99. The molecular formula is C23H26N4O2S. The van der Waals surface area contributed by atoms with Crippen molar-refractivity contribution in [2.45, 2.75) is 18.2 Å². The lowest BCUT2D eigenvalue weighted by Gasteiger charge is -2.26. The number of imidazole rings is 1. The van der Waals surface area contributed by atoms with Crippen molar-refractivity contribution in [3.05, 3.63) is 66.7 Å². The number of fused-ring (bicyclic) bond motifs is 1. The summed E-state index contributed by atoms with van der Waals surface area (Å²) in [6.45, 7) is 8.93. The molecule has 0 atom stereocenters. The maximum atomic E-state index is 12.5. The minimum Gasteiger partial charge on any atom is -0.379 e. The van der Waals surface area contributed by atoms with Crippen molar-refractivity contribution >= 4 is 34.4 Å². The Balaban J connectivity index is 1.33. The molecule has 0 aliphatic carbocycles. The zero-order valence-electron chi connectivity index (χ0n) is 16.9. The minimum absolute atomic E-state index is 0.0434. The fourth-order valence-corrected chi connectivity index (χ4v) is 4.33. The monoisotopic (exact) mass is 422 g/mol. The van der Waals surface area contributed by atoms with Gasteiger partial charge in [0.2, 0.25) is 5.91 Å². The Morgan fingerprint density at radius 2 is 1.93 bits per heavy atom. The van der Waals surface area contributed by atoms with Gasteiger partial charge in [0, 0.05) is 31.9 Å². The molecule has 0 saturated carbocycles. The standard InChI is InChI=1S/C23H26N4O2S/c1-2-11-27-21-6-4-3-5-20(21)25-23(27)30-17-22(28)24-19-9-7-18(8-10-19)16-26-12-14-29-15-13-26/h2-10H,1,11-17H2,(H,24,28). The summed E-state index contributed by atoms with van der Waals surface area (Å²) in [7, 11) is 0. The Morgan fingerprint density at radius 3 is 2.70 bits per heavy atom. The molecule has 0 radical (unpaired) electrons. The number of hydrogen-bond donors (Lipinski definition) is 1. The van der Waals surface area contributed by atoms with Crippen molar-refractivity contribution in [2.24, 2.45) is 0 Å². The van der Waals surface area contributed by atoms with Crippen LogP contribution >= 0.6 is 11.8 Å². The largest absolute Gasteiger partial charge is 0.379 e. The van der Waals surface area contributed by atoms with E-state index in [1.54, 1.807) is 0 Å². The molecule has 2 aromatic carbocycles. The summed E-state index contributed by atoms with van der Waals surface area (Å²) in [5, 5.41) is 3.80. The average Bonchev–Trinajstić information content (AvgIpc) is 3.12. The van der Waals surface area contributed by atoms with Crippen molar-refractivity contribution in [3.63, 3.8) is 0 Å². The van der Waals surface area contributed by atoms with Gasteiger partial charge in [0.1, 0.15) is 0 Å². The number of allylic oxidation sites excluding steroid dienone is 1. The zero-order chi connectivity index (χ0) is 20.8. The van der Waals surface area contributed by atoms with Gasteiger partial charge < -0.3 is 14.6 Å². The van der Waals surface area contributed by atoms with Crippen LogP contribution < -0.4 is 5.32 Å². The van der Waals surface area contributed by atoms with E-state index in [0.29, 0.717) is 12.3 Å². The van der Waals surface area contributed by atoms with Crippen molar-refractivity contribution in [1.82, 2.24) is 14.5 Å². The number of morpholine rings is 1. The Labute approximate surface area is 180 Å². The first-order chi connectivity index (χ1) is 14.7. The second-order valence-electron chi connectivity index (χ2n) is 7.20. The molecule has 1 aromatic heterocycles. The van der Waals surface area contributed by atoms with Crippen LogP contribution in [-0.2, 0) is 22.6 Å². The van der Waals surface area contributed by atoms with E-state index in [1.807, 2.05) is 42.5 Å². The lowest BCUT2D eigenvalue weighted by atomic mass is 10.2. The van der Waals surface area contributed by atoms with Gasteiger partial charge in [0.05, 0.1) is 30.0 Å². The Hall–Kier alpha value is -2.61. The van der Waals surface area contributed by atoms with E-state index in [4.69, 9.17) is 4.74 Å². The van der Waals surface area contributed by atoms with Gasteiger partial charge in [0.15, 0.2) is 5.16 Å². The molecular weight excluding hydrogens is 396 g/mol. The molecule has 0 bridgehead atoms. The normalized spacial score (nSPS) is 14.7. The van der Waals surface area contributed by atoms with E-state index in [0.717, 1.165) is 54.7 Å². The minimum atomic E-state index is -0.0434. The van der Waals surface area contributed by atoms with Crippen LogP contribution in [0.3, 0.4) is 0 Å². The summed E-state index contributed by atoms with van der Waals surface area (Å²) >= 11 is 1.44. The smallest absolute Gasteiger partial charge is 0.234 e. The summed E-state index contributed by atoms with van der Waals surface area (Å²) in [5.41, 5.74) is 4.03. The van der Waals surface area contributed by atoms with E-state index in [2.05, 4.69) is 38.5 Å². The topological polar surface area (TPSA) is 59.4 Å². The van der Waals surface area contributed by atoms with E-state index < -0.39 is 0 Å². The lowest BCUT2D eigenvalue weighted by molar-refractivity contribution is -0.113. The molecule has 6 nitrogen and oxygen atoms in total. The molecule has 1 aliphatic rings. The number of hydrogen-bond acceptors (Lipinski definition) is 5. The molecule has 1 fully saturated rings. The van der Waals surface area contributed by atoms with E-state index in [-0.39, 0.29) is 5.91 Å². The number of benzene rings is 2. The number of anilines is 1. The summed E-state index contributed by atoms with van der Waals surface area (Å²) in [4.78, 5) is 19.5. The van der Waals surface area contributed by atoms with Crippen LogP contribution in [0.5, 0.6) is 0 Å². The second kappa shape index (κ2) is 9.93. The number of nitrogens with zero attached hydrogens (tertiary/aromatic N) is 3. The number of rotatable bonds is 8. The van der Waals surface area contributed by atoms with Gasteiger partial charge in [-0.3, -0.25) is 9.69 Å². The highest BCUT2D eigenvalue weighted by molar-refractivity contribution is 7.99. The van der Waals surface area contributed by atoms with Crippen LogP contribution in [0, 0.1) is 0 Å². The maximum absolute atomic E-state index is 12.5. The number of para-hydroxylation sites is 2. The average molecular weight is 423 g/mol. The molecule has 1 amide bonds. The molecule has 30 heavy (non-hydrogen) atoms. The summed E-state index contributed by atoms with van der Waals surface area (Å²) in [5.74, 6) is 0.258. The van der Waals surface area contributed by atoms with Gasteiger partial charge >= 0.3 is 0 Å². The highest BCUT2D eigenvalue weighted by atomic mass is 32.2. The Kier molecular flexibility index (Phi) is 6.84. The molecule has 1 saturated heterocycles.